The second kappa shape index (κ2) is 9.59. The number of rotatable bonds is 7. The molecule has 4 rings (SSSR count). The first-order valence-corrected chi connectivity index (χ1v) is 10.4. The van der Waals surface area contributed by atoms with E-state index in [0.717, 1.165) is 12.8 Å². The predicted molar refractivity (Wildman–Crippen MR) is 113 cm³/mol. The number of ether oxygens (including phenoxy) is 4. The zero-order chi connectivity index (χ0) is 21.6. The molecule has 164 valence electrons. The van der Waals surface area contributed by atoms with E-state index in [0.29, 0.717) is 48.2 Å². The van der Waals surface area contributed by atoms with Crippen molar-refractivity contribution in [3.63, 3.8) is 0 Å². The number of piperidine rings is 1. The Hall–Kier alpha value is -3.42. The van der Waals surface area contributed by atoms with Crippen molar-refractivity contribution in [1.82, 2.24) is 10.2 Å². The second-order valence-electron chi connectivity index (χ2n) is 7.57. The predicted octanol–water partition coefficient (Wildman–Crippen LogP) is 2.47. The number of fused-ring (bicyclic) bond motifs is 1. The van der Waals surface area contributed by atoms with Crippen LogP contribution in [0.1, 0.15) is 23.2 Å². The number of benzene rings is 2. The van der Waals surface area contributed by atoms with Crippen molar-refractivity contribution in [1.29, 1.82) is 0 Å². The monoisotopic (exact) mass is 426 g/mol. The first kappa shape index (κ1) is 20.8. The minimum Gasteiger partial charge on any atom is -0.493 e. The molecule has 0 spiro atoms. The molecule has 0 aliphatic carbocycles. The molecule has 2 aliphatic rings. The number of nitrogens with one attached hydrogen (secondary N) is 1. The van der Waals surface area contributed by atoms with Crippen molar-refractivity contribution >= 4 is 11.8 Å². The Morgan fingerprint density at radius 1 is 1.13 bits per heavy atom. The first-order chi connectivity index (χ1) is 15.1. The summed E-state index contributed by atoms with van der Waals surface area (Å²) >= 11 is 0. The summed E-state index contributed by atoms with van der Waals surface area (Å²) in [6.45, 7) is 1.89. The van der Waals surface area contributed by atoms with Gasteiger partial charge >= 0.3 is 0 Å². The highest BCUT2D eigenvalue weighted by Gasteiger charge is 2.26. The van der Waals surface area contributed by atoms with Crippen LogP contribution in [0.5, 0.6) is 23.0 Å². The van der Waals surface area contributed by atoms with Gasteiger partial charge in [0, 0.05) is 25.2 Å². The number of carbonyl (C=O) groups is 2. The largest absolute Gasteiger partial charge is 0.493 e. The van der Waals surface area contributed by atoms with E-state index in [9.17, 15) is 9.59 Å². The number of likely N-dealkylation sites (tertiary alicyclic amines) is 1. The fourth-order valence-corrected chi connectivity index (χ4v) is 3.82. The van der Waals surface area contributed by atoms with E-state index in [1.54, 1.807) is 37.4 Å². The van der Waals surface area contributed by atoms with Crippen molar-refractivity contribution in [3.8, 4) is 23.0 Å². The maximum Gasteiger partial charge on any atom is 0.257 e. The van der Waals surface area contributed by atoms with Gasteiger partial charge < -0.3 is 29.2 Å². The summed E-state index contributed by atoms with van der Waals surface area (Å²) < 4.78 is 21.5. The van der Waals surface area contributed by atoms with Crippen LogP contribution < -0.4 is 24.3 Å². The Labute approximate surface area is 181 Å². The van der Waals surface area contributed by atoms with Crippen LogP contribution in [0.2, 0.25) is 0 Å². The molecule has 31 heavy (non-hydrogen) atoms. The van der Waals surface area contributed by atoms with Crippen molar-refractivity contribution in [2.45, 2.75) is 12.8 Å². The Kier molecular flexibility index (Phi) is 6.45. The van der Waals surface area contributed by atoms with Crippen molar-refractivity contribution < 1.29 is 28.5 Å². The van der Waals surface area contributed by atoms with Crippen LogP contribution in [0.4, 0.5) is 0 Å². The highest BCUT2D eigenvalue weighted by molar-refractivity contribution is 5.95. The number of carbonyl (C=O) groups excluding carboxylic acids is 2. The first-order valence-electron chi connectivity index (χ1n) is 10.4. The lowest BCUT2D eigenvalue weighted by Crippen LogP contribution is -2.44. The molecule has 2 aromatic rings. The van der Waals surface area contributed by atoms with Gasteiger partial charge in [-0.3, -0.25) is 9.59 Å². The molecule has 1 N–H and O–H groups in total. The normalized spacial score (nSPS) is 17.2. The van der Waals surface area contributed by atoms with Crippen LogP contribution in [0, 0.1) is 5.92 Å². The third-order valence-electron chi connectivity index (χ3n) is 5.44. The van der Waals surface area contributed by atoms with Crippen LogP contribution in [-0.2, 0) is 4.79 Å². The van der Waals surface area contributed by atoms with Gasteiger partial charge in [0.25, 0.3) is 11.8 Å². The molecule has 2 amide bonds. The van der Waals surface area contributed by atoms with Crippen molar-refractivity contribution in [3.05, 3.63) is 48.0 Å². The summed E-state index contributed by atoms with van der Waals surface area (Å²) in [6.07, 6.45) is 1.85. The smallest absolute Gasteiger partial charge is 0.257 e. The van der Waals surface area contributed by atoms with Crippen molar-refractivity contribution in [2.24, 2.45) is 5.92 Å². The number of amides is 2. The van der Waals surface area contributed by atoms with Gasteiger partial charge in [0.1, 0.15) is 0 Å². The van der Waals surface area contributed by atoms with Crippen LogP contribution in [0.3, 0.4) is 0 Å². The molecular formula is C23H26N2O6. The Morgan fingerprint density at radius 3 is 2.77 bits per heavy atom. The highest BCUT2D eigenvalue weighted by Crippen LogP contribution is 2.33. The lowest BCUT2D eigenvalue weighted by Gasteiger charge is -2.33. The summed E-state index contributed by atoms with van der Waals surface area (Å²) in [5.74, 6) is 2.33. The molecule has 0 bridgehead atoms. The summed E-state index contributed by atoms with van der Waals surface area (Å²) in [5.41, 5.74) is 0.583. The van der Waals surface area contributed by atoms with E-state index in [1.807, 2.05) is 17.0 Å². The number of nitrogens with zero attached hydrogens (tertiary/aromatic N) is 1. The second-order valence-corrected chi connectivity index (χ2v) is 7.57. The van der Waals surface area contributed by atoms with E-state index in [2.05, 4.69) is 5.32 Å². The Balaban J connectivity index is 1.26. The number of methoxy groups -OCH3 is 1. The van der Waals surface area contributed by atoms with Gasteiger partial charge in [-0.15, -0.1) is 0 Å². The lowest BCUT2D eigenvalue weighted by molar-refractivity contribution is -0.123. The number of hydrogen-bond donors (Lipinski definition) is 1. The molecule has 0 aromatic heterocycles. The van der Waals surface area contributed by atoms with E-state index in [1.165, 1.54) is 0 Å². The van der Waals surface area contributed by atoms with Gasteiger partial charge in [-0.1, -0.05) is 12.1 Å². The highest BCUT2D eigenvalue weighted by atomic mass is 16.7. The van der Waals surface area contributed by atoms with Crippen LogP contribution >= 0.6 is 0 Å². The number of hydrogen-bond acceptors (Lipinski definition) is 6. The van der Waals surface area contributed by atoms with Gasteiger partial charge in [0.05, 0.1) is 7.11 Å². The zero-order valence-corrected chi connectivity index (χ0v) is 17.5. The van der Waals surface area contributed by atoms with Gasteiger partial charge in [-0.05, 0) is 49.1 Å². The van der Waals surface area contributed by atoms with Gasteiger partial charge in [-0.2, -0.15) is 0 Å². The maximum atomic E-state index is 12.9. The summed E-state index contributed by atoms with van der Waals surface area (Å²) in [7, 11) is 1.56. The quantitative estimate of drug-likeness (QED) is 0.732. The molecule has 1 unspecified atom stereocenters. The lowest BCUT2D eigenvalue weighted by atomic mass is 9.97. The molecule has 8 nitrogen and oxygen atoms in total. The molecule has 1 fully saturated rings. The van der Waals surface area contributed by atoms with Crippen LogP contribution in [0.25, 0.3) is 0 Å². The fourth-order valence-electron chi connectivity index (χ4n) is 3.82. The Bertz CT molecular complexity index is 947. The third kappa shape index (κ3) is 5.02. The maximum absolute atomic E-state index is 12.9. The molecule has 1 saturated heterocycles. The molecular weight excluding hydrogens is 400 g/mol. The minimum atomic E-state index is -0.204. The minimum absolute atomic E-state index is 0.0335. The number of para-hydroxylation sites is 2. The standard InChI is InChI=1S/C23H26N2O6/c1-28-18-6-2-3-7-19(18)29-14-22(26)24-12-16-5-4-10-25(13-16)23(27)17-8-9-20-21(11-17)31-15-30-20/h2-3,6-9,11,16H,4-5,10,12-15H2,1H3,(H,24,26). The van der Waals surface area contributed by atoms with E-state index in [4.69, 9.17) is 18.9 Å². The topological polar surface area (TPSA) is 86.3 Å². The average molecular weight is 426 g/mol. The molecule has 1 atom stereocenters. The van der Waals surface area contributed by atoms with Crippen molar-refractivity contribution in [2.75, 3.05) is 40.1 Å². The molecule has 2 aromatic carbocycles. The van der Waals surface area contributed by atoms with Gasteiger partial charge in [0.2, 0.25) is 6.79 Å². The molecule has 2 aliphatic heterocycles. The van der Waals surface area contributed by atoms with Gasteiger partial charge in [0.15, 0.2) is 29.6 Å². The molecule has 0 saturated carbocycles. The van der Waals surface area contributed by atoms with E-state index >= 15 is 0 Å². The van der Waals surface area contributed by atoms with E-state index in [-0.39, 0.29) is 31.1 Å². The SMILES string of the molecule is COc1ccccc1OCC(=O)NCC1CCCN(C(=O)c2ccc3c(c2)OCO3)C1. The summed E-state index contributed by atoms with van der Waals surface area (Å²) in [6, 6.07) is 12.4. The fraction of sp³-hybridized carbons (Fsp3) is 0.391. The average Bonchev–Trinajstić information content (AvgIpc) is 3.29. The summed E-state index contributed by atoms with van der Waals surface area (Å²) in [5, 5.41) is 2.91. The molecule has 0 radical (unpaired) electrons. The van der Waals surface area contributed by atoms with Crippen LogP contribution in [-0.4, -0.2) is 56.9 Å². The van der Waals surface area contributed by atoms with Gasteiger partial charge in [-0.25, -0.2) is 0 Å². The molecule has 2 heterocycles. The Morgan fingerprint density at radius 2 is 1.94 bits per heavy atom. The zero-order valence-electron chi connectivity index (χ0n) is 17.5. The van der Waals surface area contributed by atoms with Crippen LogP contribution in [0.15, 0.2) is 42.5 Å². The molecule has 8 heteroatoms. The third-order valence-corrected chi connectivity index (χ3v) is 5.44. The van der Waals surface area contributed by atoms with E-state index < -0.39 is 0 Å². The summed E-state index contributed by atoms with van der Waals surface area (Å²) in [4.78, 5) is 27.0.